The second-order valence-electron chi connectivity index (χ2n) is 9.10. The van der Waals surface area contributed by atoms with Crippen LogP contribution in [0.15, 0.2) is 36.8 Å². The number of fused-ring (bicyclic) bond motifs is 1. The summed E-state index contributed by atoms with van der Waals surface area (Å²) in [5, 5.41) is 4.44. The number of nitrogens with zero attached hydrogens (tertiary/aromatic N) is 7. The van der Waals surface area contributed by atoms with Crippen LogP contribution in [0.5, 0.6) is 0 Å². The normalized spacial score (nSPS) is 17.1. The number of anilines is 2. The van der Waals surface area contributed by atoms with E-state index in [2.05, 4.69) is 15.1 Å². The van der Waals surface area contributed by atoms with Gasteiger partial charge in [0.2, 0.25) is 0 Å². The van der Waals surface area contributed by atoms with Crippen molar-refractivity contribution < 1.29 is 22.4 Å². The monoisotopic (exact) mass is 503 g/mol. The summed E-state index contributed by atoms with van der Waals surface area (Å²) < 4.78 is 56.6. The molecule has 8 nitrogen and oxygen atoms in total. The van der Waals surface area contributed by atoms with Crippen molar-refractivity contribution >= 4 is 17.4 Å². The van der Waals surface area contributed by atoms with Crippen molar-refractivity contribution in [2.24, 2.45) is 7.05 Å². The molecule has 2 aliphatic rings. The van der Waals surface area contributed by atoms with Gasteiger partial charge in [0.05, 0.1) is 30.2 Å². The molecule has 5 rings (SSSR count). The van der Waals surface area contributed by atoms with E-state index in [-0.39, 0.29) is 30.6 Å². The fourth-order valence-corrected chi connectivity index (χ4v) is 5.08. The Hall–Kier alpha value is -3.70. The first kappa shape index (κ1) is 24.0. The highest BCUT2D eigenvalue weighted by Gasteiger charge is 2.41. The van der Waals surface area contributed by atoms with Crippen molar-refractivity contribution in [3.8, 4) is 0 Å². The molecule has 0 spiro atoms. The Morgan fingerprint density at radius 3 is 2.53 bits per heavy atom. The summed E-state index contributed by atoms with van der Waals surface area (Å²) in [5.74, 6) is -0.281. The number of aryl methyl sites for hydroxylation is 2. The Bertz CT molecular complexity index is 1260. The van der Waals surface area contributed by atoms with E-state index in [0.29, 0.717) is 43.0 Å². The van der Waals surface area contributed by atoms with Gasteiger partial charge in [-0.2, -0.15) is 18.3 Å². The first-order valence-corrected chi connectivity index (χ1v) is 11.6. The van der Waals surface area contributed by atoms with Crippen LogP contribution in [0.1, 0.15) is 35.5 Å². The van der Waals surface area contributed by atoms with Crippen molar-refractivity contribution in [2.75, 3.05) is 22.9 Å². The van der Waals surface area contributed by atoms with Crippen LogP contribution in [-0.2, 0) is 26.3 Å². The highest BCUT2D eigenvalue weighted by Crippen LogP contribution is 2.36. The SMILES string of the molecule is Cc1cccc(F)c1N1CCC(N2Cc3nn(C)cc3N(Cc3nccnc3C(F)(F)F)C2=O)CC1. The maximum Gasteiger partial charge on any atom is 0.435 e. The van der Waals surface area contributed by atoms with Crippen LogP contribution in [0.4, 0.5) is 33.7 Å². The van der Waals surface area contributed by atoms with Crippen molar-refractivity contribution in [1.82, 2.24) is 24.6 Å². The lowest BCUT2D eigenvalue weighted by Crippen LogP contribution is -2.54. The summed E-state index contributed by atoms with van der Waals surface area (Å²) in [6, 6.07) is 4.40. The van der Waals surface area contributed by atoms with Gasteiger partial charge in [0.1, 0.15) is 11.5 Å². The molecule has 0 bridgehead atoms. The zero-order valence-corrected chi connectivity index (χ0v) is 19.8. The highest BCUT2D eigenvalue weighted by atomic mass is 19.4. The molecule has 0 radical (unpaired) electrons. The molecule has 0 unspecified atom stereocenters. The van der Waals surface area contributed by atoms with Gasteiger partial charge < -0.3 is 9.80 Å². The number of aromatic nitrogens is 4. The van der Waals surface area contributed by atoms with Crippen LogP contribution in [0.2, 0.25) is 0 Å². The number of urea groups is 1. The van der Waals surface area contributed by atoms with E-state index >= 15 is 0 Å². The molecule has 1 aromatic carbocycles. The Morgan fingerprint density at radius 2 is 1.83 bits per heavy atom. The number of carbonyl (C=O) groups is 1. The number of para-hydroxylation sites is 1. The highest BCUT2D eigenvalue weighted by molar-refractivity contribution is 5.94. The van der Waals surface area contributed by atoms with Crippen molar-refractivity contribution in [3.05, 3.63) is 65.3 Å². The third-order valence-electron chi connectivity index (χ3n) is 6.73. The summed E-state index contributed by atoms with van der Waals surface area (Å²) in [7, 11) is 1.70. The van der Waals surface area contributed by atoms with E-state index in [4.69, 9.17) is 0 Å². The first-order chi connectivity index (χ1) is 17.1. The van der Waals surface area contributed by atoms with E-state index in [0.717, 1.165) is 11.8 Å². The summed E-state index contributed by atoms with van der Waals surface area (Å²) in [5.41, 5.74) is 1.01. The molecule has 2 aliphatic heterocycles. The van der Waals surface area contributed by atoms with Crippen LogP contribution in [-0.4, -0.2) is 49.8 Å². The molecule has 1 saturated heterocycles. The van der Waals surface area contributed by atoms with Gasteiger partial charge in [0.25, 0.3) is 0 Å². The molecule has 0 atom stereocenters. The topological polar surface area (TPSA) is 70.4 Å². The quantitative estimate of drug-likeness (QED) is 0.497. The van der Waals surface area contributed by atoms with Crippen LogP contribution in [0, 0.1) is 12.7 Å². The maximum absolute atomic E-state index is 14.5. The summed E-state index contributed by atoms with van der Waals surface area (Å²) >= 11 is 0. The number of benzene rings is 1. The lowest BCUT2D eigenvalue weighted by molar-refractivity contribution is -0.142. The first-order valence-electron chi connectivity index (χ1n) is 11.6. The minimum atomic E-state index is -4.70. The number of amides is 2. The number of halogens is 4. The summed E-state index contributed by atoms with van der Waals surface area (Å²) in [6.07, 6.45) is 0.275. The van der Waals surface area contributed by atoms with Gasteiger partial charge in [-0.1, -0.05) is 12.1 Å². The molecule has 3 aromatic rings. The second-order valence-corrected chi connectivity index (χ2v) is 9.10. The molecule has 36 heavy (non-hydrogen) atoms. The molecule has 0 saturated carbocycles. The van der Waals surface area contributed by atoms with Gasteiger partial charge in [0.15, 0.2) is 5.69 Å². The predicted molar refractivity (Wildman–Crippen MR) is 124 cm³/mol. The van der Waals surface area contributed by atoms with Gasteiger partial charge in [-0.3, -0.25) is 14.6 Å². The number of alkyl halides is 3. The zero-order valence-electron chi connectivity index (χ0n) is 19.8. The molecule has 2 amide bonds. The Balaban J connectivity index is 1.39. The average molecular weight is 504 g/mol. The maximum atomic E-state index is 14.5. The van der Waals surface area contributed by atoms with E-state index in [9.17, 15) is 22.4 Å². The standard InChI is InChI=1S/C24H25F4N7O/c1-15-4-3-5-17(25)21(15)33-10-6-16(7-11-33)34-12-18-20(14-32(2)31-18)35(23(34)36)13-19-22(24(26,27)28)30-9-8-29-19/h3-5,8-9,14,16H,6-7,10-13H2,1-2H3. The minimum absolute atomic E-state index is 0.164. The molecule has 1 fully saturated rings. The fourth-order valence-electron chi connectivity index (χ4n) is 5.08. The second kappa shape index (κ2) is 9.07. The number of hydrogen-bond acceptors (Lipinski definition) is 5. The van der Waals surface area contributed by atoms with Crippen LogP contribution in [0.25, 0.3) is 0 Å². The van der Waals surface area contributed by atoms with Crippen LogP contribution < -0.4 is 9.80 Å². The molecule has 0 N–H and O–H groups in total. The number of rotatable bonds is 4. The van der Waals surface area contributed by atoms with Gasteiger partial charge in [-0.25, -0.2) is 14.2 Å². The van der Waals surface area contributed by atoms with Gasteiger partial charge in [-0.05, 0) is 31.4 Å². The molecule has 2 aromatic heterocycles. The van der Waals surface area contributed by atoms with Crippen molar-refractivity contribution in [2.45, 2.75) is 45.1 Å². The average Bonchev–Trinajstić information content (AvgIpc) is 3.21. The van der Waals surface area contributed by atoms with Crippen LogP contribution in [0.3, 0.4) is 0 Å². The summed E-state index contributed by atoms with van der Waals surface area (Å²) in [4.78, 5) is 25.9. The lowest BCUT2D eigenvalue weighted by Gasteiger charge is -2.43. The number of piperidine rings is 1. The number of carbonyl (C=O) groups excluding carboxylic acids is 1. The van der Waals surface area contributed by atoms with Crippen molar-refractivity contribution in [1.29, 1.82) is 0 Å². The molecular weight excluding hydrogens is 478 g/mol. The zero-order chi connectivity index (χ0) is 25.6. The van der Waals surface area contributed by atoms with Gasteiger partial charge in [0, 0.05) is 44.8 Å². The summed E-state index contributed by atoms with van der Waals surface area (Å²) in [6.45, 7) is 2.83. The molecular formula is C24H25F4N7O. The van der Waals surface area contributed by atoms with E-state index in [1.54, 1.807) is 28.9 Å². The Kier molecular flexibility index (Phi) is 6.05. The van der Waals surface area contributed by atoms with Crippen LogP contribution >= 0.6 is 0 Å². The van der Waals surface area contributed by atoms with Gasteiger partial charge >= 0.3 is 12.2 Å². The minimum Gasteiger partial charge on any atom is -0.369 e. The van der Waals surface area contributed by atoms with Gasteiger partial charge in [-0.15, -0.1) is 0 Å². The van der Waals surface area contributed by atoms with Crippen molar-refractivity contribution in [3.63, 3.8) is 0 Å². The Morgan fingerprint density at radius 1 is 1.11 bits per heavy atom. The Labute approximate surface area is 205 Å². The molecule has 0 aliphatic carbocycles. The molecule has 12 heteroatoms. The van der Waals surface area contributed by atoms with E-state index in [1.807, 2.05) is 17.9 Å². The molecule has 4 heterocycles. The smallest absolute Gasteiger partial charge is 0.369 e. The number of hydrogen-bond donors (Lipinski definition) is 0. The largest absolute Gasteiger partial charge is 0.435 e. The molecule has 190 valence electrons. The van der Waals surface area contributed by atoms with E-state index < -0.39 is 17.9 Å². The third kappa shape index (κ3) is 4.35. The van der Waals surface area contributed by atoms with E-state index in [1.165, 1.54) is 17.2 Å². The third-order valence-corrected chi connectivity index (χ3v) is 6.73. The lowest BCUT2D eigenvalue weighted by atomic mass is 10.0. The fraction of sp³-hybridized carbons (Fsp3) is 0.417. The predicted octanol–water partition coefficient (Wildman–Crippen LogP) is 4.29.